The molecule has 0 unspecified atom stereocenters. The first-order valence-electron chi connectivity index (χ1n) is 9.58. The van der Waals surface area contributed by atoms with Gasteiger partial charge < -0.3 is 14.8 Å². The van der Waals surface area contributed by atoms with Crippen LogP contribution in [0, 0.1) is 5.92 Å². The van der Waals surface area contributed by atoms with Gasteiger partial charge in [0.15, 0.2) is 6.10 Å². The molecule has 3 amide bonds. The lowest BCUT2D eigenvalue weighted by Crippen LogP contribution is -2.48. The molecule has 0 spiro atoms. The average Bonchev–Trinajstić information content (AvgIpc) is 2.71. The van der Waals surface area contributed by atoms with Gasteiger partial charge in [-0.25, -0.2) is 9.59 Å². The Morgan fingerprint density at radius 2 is 1.63 bits per heavy atom. The van der Waals surface area contributed by atoms with Crippen molar-refractivity contribution >= 4 is 34.6 Å². The zero-order chi connectivity index (χ0) is 22.3. The summed E-state index contributed by atoms with van der Waals surface area (Å²) in [6.45, 7) is 4.83. The molecule has 0 heterocycles. The van der Waals surface area contributed by atoms with Gasteiger partial charge in [-0.1, -0.05) is 56.3 Å². The van der Waals surface area contributed by atoms with Crippen LogP contribution < -0.4 is 10.6 Å². The van der Waals surface area contributed by atoms with Gasteiger partial charge in [0.25, 0.3) is 5.91 Å². The number of alkyl carbamates (subject to hydrolysis) is 1. The number of carbonyl (C=O) groups excluding carboxylic acids is 4. The first-order valence-corrected chi connectivity index (χ1v) is 9.58. The normalized spacial score (nSPS) is 12.7. The number of benzene rings is 2. The van der Waals surface area contributed by atoms with Crippen LogP contribution in [0.4, 0.5) is 4.79 Å². The minimum atomic E-state index is -1.23. The molecule has 160 valence electrons. The molecular weight excluding hydrogens is 388 g/mol. The number of imide groups is 1. The number of methoxy groups -OCH3 is 1. The Morgan fingerprint density at radius 3 is 2.30 bits per heavy atom. The van der Waals surface area contributed by atoms with Crippen LogP contribution in [0.2, 0.25) is 0 Å². The Kier molecular flexibility index (Phi) is 7.91. The molecule has 0 aliphatic carbocycles. The second kappa shape index (κ2) is 10.4. The van der Waals surface area contributed by atoms with E-state index in [2.05, 4.69) is 10.1 Å². The fraction of sp³-hybridized carbons (Fsp3) is 0.364. The molecular formula is C22H26N2O6. The Labute approximate surface area is 174 Å². The molecule has 8 nitrogen and oxygen atoms in total. The summed E-state index contributed by atoms with van der Waals surface area (Å²) in [6.07, 6.45) is -2.09. The lowest BCUT2D eigenvalue weighted by atomic mass is 10.0. The molecule has 2 N–H and O–H groups in total. The zero-order valence-corrected chi connectivity index (χ0v) is 17.4. The number of esters is 1. The number of amides is 3. The van der Waals surface area contributed by atoms with E-state index in [-0.39, 0.29) is 18.2 Å². The van der Waals surface area contributed by atoms with E-state index in [1.807, 2.05) is 47.8 Å². The molecule has 0 saturated carbocycles. The molecule has 2 aromatic rings. The minimum Gasteiger partial charge on any atom is -0.453 e. The Bertz CT molecular complexity index is 935. The fourth-order valence-electron chi connectivity index (χ4n) is 2.90. The van der Waals surface area contributed by atoms with E-state index in [1.165, 1.54) is 6.92 Å². The molecule has 0 radical (unpaired) electrons. The summed E-state index contributed by atoms with van der Waals surface area (Å²) < 4.78 is 9.46. The molecule has 0 bridgehead atoms. The summed E-state index contributed by atoms with van der Waals surface area (Å²) in [5.41, 5.74) is 0.840. The van der Waals surface area contributed by atoms with Crippen molar-refractivity contribution in [1.29, 1.82) is 0 Å². The van der Waals surface area contributed by atoms with E-state index in [9.17, 15) is 19.2 Å². The van der Waals surface area contributed by atoms with Gasteiger partial charge in [-0.3, -0.25) is 14.9 Å². The van der Waals surface area contributed by atoms with Gasteiger partial charge in [0.1, 0.15) is 6.04 Å². The van der Waals surface area contributed by atoms with Crippen molar-refractivity contribution in [2.75, 3.05) is 7.11 Å². The van der Waals surface area contributed by atoms with Crippen molar-refractivity contribution in [2.24, 2.45) is 5.92 Å². The van der Waals surface area contributed by atoms with Gasteiger partial charge in [-0.15, -0.1) is 0 Å². The highest BCUT2D eigenvalue weighted by molar-refractivity contribution is 5.96. The number of hydrogen-bond acceptors (Lipinski definition) is 6. The first kappa shape index (κ1) is 22.9. The maximum Gasteiger partial charge on any atom is 0.413 e. The number of nitrogens with one attached hydrogen (secondary N) is 2. The SMILES string of the molecule is COC(=O)NC(=O)[C@@H](C)OC(=O)[C@@H](NC(=O)Cc1cccc2ccccc12)C(C)C. The maximum atomic E-state index is 12.6. The summed E-state index contributed by atoms with van der Waals surface area (Å²) in [4.78, 5) is 48.1. The second-order valence-electron chi connectivity index (χ2n) is 7.16. The predicted octanol–water partition coefficient (Wildman–Crippen LogP) is 2.34. The number of rotatable bonds is 7. The van der Waals surface area contributed by atoms with Gasteiger partial charge in [-0.2, -0.15) is 0 Å². The number of carbonyl (C=O) groups is 4. The molecule has 8 heteroatoms. The molecule has 2 aromatic carbocycles. The summed E-state index contributed by atoms with van der Waals surface area (Å²) in [5, 5.41) is 6.60. The number of ether oxygens (including phenoxy) is 2. The summed E-state index contributed by atoms with van der Waals surface area (Å²) in [6, 6.07) is 12.5. The van der Waals surface area contributed by atoms with Crippen LogP contribution >= 0.6 is 0 Å². The highest BCUT2D eigenvalue weighted by Gasteiger charge is 2.29. The molecule has 2 rings (SSSR count). The molecule has 0 aliphatic heterocycles. The average molecular weight is 414 g/mol. The van der Waals surface area contributed by atoms with Gasteiger partial charge in [-0.05, 0) is 29.2 Å². The third kappa shape index (κ3) is 6.04. The first-order chi connectivity index (χ1) is 14.2. The minimum absolute atomic E-state index is 0.0935. The molecule has 30 heavy (non-hydrogen) atoms. The van der Waals surface area contributed by atoms with E-state index in [0.29, 0.717) is 0 Å². The molecule has 2 atom stereocenters. The van der Waals surface area contributed by atoms with Crippen LogP contribution in [0.1, 0.15) is 26.3 Å². The van der Waals surface area contributed by atoms with E-state index >= 15 is 0 Å². The summed E-state index contributed by atoms with van der Waals surface area (Å²) in [5.74, 6) is -2.19. The Hall–Kier alpha value is -3.42. The zero-order valence-electron chi connectivity index (χ0n) is 17.4. The second-order valence-corrected chi connectivity index (χ2v) is 7.16. The third-order valence-electron chi connectivity index (χ3n) is 4.54. The van der Waals surface area contributed by atoms with Gasteiger partial charge in [0.2, 0.25) is 5.91 Å². The van der Waals surface area contributed by atoms with Crippen molar-refractivity contribution < 1.29 is 28.7 Å². The lowest BCUT2D eigenvalue weighted by Gasteiger charge is -2.23. The third-order valence-corrected chi connectivity index (χ3v) is 4.54. The van der Waals surface area contributed by atoms with Crippen molar-refractivity contribution in [2.45, 2.75) is 39.3 Å². The van der Waals surface area contributed by atoms with Gasteiger partial charge in [0, 0.05) is 0 Å². The molecule has 0 aliphatic rings. The van der Waals surface area contributed by atoms with Gasteiger partial charge >= 0.3 is 12.1 Å². The number of hydrogen-bond donors (Lipinski definition) is 2. The standard InChI is InChI=1S/C22H26N2O6/c1-13(2)19(21(27)30-14(3)20(26)24-22(28)29-4)23-18(25)12-16-10-7-9-15-8-5-6-11-17(15)16/h5-11,13-14,19H,12H2,1-4H3,(H,23,25)(H,24,26,28)/t14-,19+/m1/s1. The fourth-order valence-corrected chi connectivity index (χ4v) is 2.90. The highest BCUT2D eigenvalue weighted by Crippen LogP contribution is 2.19. The summed E-state index contributed by atoms with van der Waals surface area (Å²) >= 11 is 0. The van der Waals surface area contributed by atoms with E-state index in [4.69, 9.17) is 4.74 Å². The van der Waals surface area contributed by atoms with E-state index in [1.54, 1.807) is 13.8 Å². The topological polar surface area (TPSA) is 111 Å². The maximum absolute atomic E-state index is 12.6. The van der Waals surface area contributed by atoms with Crippen LogP contribution in [0.5, 0.6) is 0 Å². The van der Waals surface area contributed by atoms with Crippen LogP contribution in [-0.4, -0.2) is 43.1 Å². The largest absolute Gasteiger partial charge is 0.453 e. The number of fused-ring (bicyclic) bond motifs is 1. The van der Waals surface area contributed by atoms with Crippen molar-refractivity contribution in [1.82, 2.24) is 10.6 Å². The predicted molar refractivity (Wildman–Crippen MR) is 111 cm³/mol. The smallest absolute Gasteiger partial charge is 0.413 e. The van der Waals surface area contributed by atoms with Crippen LogP contribution in [0.3, 0.4) is 0 Å². The quantitative estimate of drug-likeness (QED) is 0.673. The molecule has 0 saturated heterocycles. The Balaban J connectivity index is 2.03. The van der Waals surface area contributed by atoms with Crippen molar-refractivity contribution in [3.63, 3.8) is 0 Å². The van der Waals surface area contributed by atoms with E-state index < -0.39 is 30.1 Å². The molecule has 0 aromatic heterocycles. The monoisotopic (exact) mass is 414 g/mol. The van der Waals surface area contributed by atoms with Gasteiger partial charge in [0.05, 0.1) is 13.5 Å². The van der Waals surface area contributed by atoms with Crippen molar-refractivity contribution in [3.8, 4) is 0 Å². The highest BCUT2D eigenvalue weighted by atomic mass is 16.6. The summed E-state index contributed by atoms with van der Waals surface area (Å²) in [7, 11) is 1.11. The lowest BCUT2D eigenvalue weighted by molar-refractivity contribution is -0.158. The van der Waals surface area contributed by atoms with Crippen molar-refractivity contribution in [3.05, 3.63) is 48.0 Å². The van der Waals surface area contributed by atoms with Crippen LogP contribution in [-0.2, 0) is 30.3 Å². The van der Waals surface area contributed by atoms with E-state index in [0.717, 1.165) is 23.4 Å². The van der Waals surface area contributed by atoms with Crippen LogP contribution in [0.15, 0.2) is 42.5 Å². The Morgan fingerprint density at radius 1 is 0.967 bits per heavy atom. The molecule has 0 fully saturated rings. The van der Waals surface area contributed by atoms with Crippen LogP contribution in [0.25, 0.3) is 10.8 Å².